The summed E-state index contributed by atoms with van der Waals surface area (Å²) in [6.07, 6.45) is 1.26. The van der Waals surface area contributed by atoms with Gasteiger partial charge in [-0.1, -0.05) is 20.8 Å². The van der Waals surface area contributed by atoms with Crippen molar-refractivity contribution in [1.82, 2.24) is 10.2 Å². The average Bonchev–Trinajstić information content (AvgIpc) is 2.21. The Morgan fingerprint density at radius 2 is 2.20 bits per heavy atom. The molecule has 1 saturated heterocycles. The number of thioether (sulfide) groups is 1. The van der Waals surface area contributed by atoms with Crippen LogP contribution in [0, 0.1) is 0 Å². The molecule has 2 unspecified atom stereocenters. The molecular weight excluding hydrogens is 204 g/mol. The minimum Gasteiger partial charge on any atom is -0.313 e. The predicted octanol–water partition coefficient (Wildman–Crippen LogP) is 2.20. The van der Waals surface area contributed by atoms with E-state index in [2.05, 4.69) is 49.7 Å². The van der Waals surface area contributed by atoms with Gasteiger partial charge >= 0.3 is 0 Å². The lowest BCUT2D eigenvalue weighted by molar-refractivity contribution is 0.152. The van der Waals surface area contributed by atoms with E-state index < -0.39 is 0 Å². The maximum Gasteiger partial charge on any atom is 0.0221 e. The maximum atomic E-state index is 3.57. The molecule has 0 aliphatic carbocycles. The van der Waals surface area contributed by atoms with Crippen molar-refractivity contribution in [2.24, 2.45) is 0 Å². The van der Waals surface area contributed by atoms with Crippen molar-refractivity contribution in [1.29, 1.82) is 0 Å². The number of nitrogens with zero attached hydrogens (tertiary/aromatic N) is 1. The average molecular weight is 230 g/mol. The molecule has 0 aromatic rings. The summed E-state index contributed by atoms with van der Waals surface area (Å²) in [7, 11) is 0. The highest BCUT2D eigenvalue weighted by Gasteiger charge is 2.24. The minimum absolute atomic E-state index is 0.605. The number of nitrogens with one attached hydrogen (secondary N) is 1. The maximum absolute atomic E-state index is 3.57. The number of hydrogen-bond acceptors (Lipinski definition) is 3. The third-order valence-electron chi connectivity index (χ3n) is 3.12. The normalized spacial score (nSPS) is 25.8. The summed E-state index contributed by atoms with van der Waals surface area (Å²) in [5, 5.41) is 3.57. The summed E-state index contributed by atoms with van der Waals surface area (Å²) in [5.41, 5.74) is 0. The van der Waals surface area contributed by atoms with Crippen LogP contribution in [0.25, 0.3) is 0 Å². The Balaban J connectivity index is 2.41. The van der Waals surface area contributed by atoms with Crippen LogP contribution in [0.5, 0.6) is 0 Å². The first-order valence-corrected chi connectivity index (χ1v) is 7.37. The molecule has 2 atom stereocenters. The van der Waals surface area contributed by atoms with E-state index in [4.69, 9.17) is 0 Å². The second kappa shape index (κ2) is 6.77. The molecule has 1 N–H and O–H groups in total. The monoisotopic (exact) mass is 230 g/mol. The smallest absolute Gasteiger partial charge is 0.0221 e. The van der Waals surface area contributed by atoms with E-state index in [1.165, 1.54) is 24.5 Å². The summed E-state index contributed by atoms with van der Waals surface area (Å²) in [6.45, 7) is 11.5. The van der Waals surface area contributed by atoms with E-state index in [-0.39, 0.29) is 0 Å². The Morgan fingerprint density at radius 1 is 1.47 bits per heavy atom. The van der Waals surface area contributed by atoms with Gasteiger partial charge in [0.2, 0.25) is 0 Å². The molecule has 1 aliphatic heterocycles. The molecule has 1 fully saturated rings. The van der Waals surface area contributed by atoms with Crippen LogP contribution >= 0.6 is 11.8 Å². The molecule has 2 nitrogen and oxygen atoms in total. The Labute approximate surface area is 99.2 Å². The van der Waals surface area contributed by atoms with Crippen molar-refractivity contribution in [2.75, 3.05) is 24.6 Å². The van der Waals surface area contributed by atoms with Gasteiger partial charge in [0.1, 0.15) is 0 Å². The van der Waals surface area contributed by atoms with Crippen molar-refractivity contribution >= 4 is 11.8 Å². The van der Waals surface area contributed by atoms with Gasteiger partial charge in [0.25, 0.3) is 0 Å². The van der Waals surface area contributed by atoms with Gasteiger partial charge in [-0.25, -0.2) is 0 Å². The number of hydrogen-bond donors (Lipinski definition) is 1. The Morgan fingerprint density at radius 3 is 2.73 bits per heavy atom. The highest BCUT2D eigenvalue weighted by Crippen LogP contribution is 2.19. The van der Waals surface area contributed by atoms with Crippen LogP contribution in [0.4, 0.5) is 0 Å². The third-order valence-corrected chi connectivity index (χ3v) is 4.31. The molecule has 0 spiro atoms. The molecule has 0 radical (unpaired) electrons. The second-order valence-electron chi connectivity index (χ2n) is 4.79. The van der Waals surface area contributed by atoms with Crippen LogP contribution < -0.4 is 5.32 Å². The second-order valence-corrected chi connectivity index (χ2v) is 5.94. The quantitative estimate of drug-likeness (QED) is 0.779. The molecule has 1 heterocycles. The van der Waals surface area contributed by atoms with Crippen LogP contribution in [0.3, 0.4) is 0 Å². The molecule has 3 heteroatoms. The van der Waals surface area contributed by atoms with Crippen LogP contribution in [0.2, 0.25) is 0 Å². The van der Waals surface area contributed by atoms with Gasteiger partial charge in [0.15, 0.2) is 0 Å². The van der Waals surface area contributed by atoms with E-state index >= 15 is 0 Å². The first-order chi connectivity index (χ1) is 7.15. The Kier molecular flexibility index (Phi) is 6.02. The lowest BCUT2D eigenvalue weighted by Gasteiger charge is -2.39. The molecule has 1 aliphatic rings. The summed E-state index contributed by atoms with van der Waals surface area (Å²) >= 11 is 2.10. The standard InChI is InChI=1S/C12H26N2S/c1-5-12(8-13-10(2)3)14-6-7-15-9-11(14)4/h10-13H,5-9H2,1-4H3. The SMILES string of the molecule is CCC(CNC(C)C)N1CCSCC1C. The summed E-state index contributed by atoms with van der Waals surface area (Å²) < 4.78 is 0. The zero-order valence-corrected chi connectivity index (χ0v) is 11.4. The van der Waals surface area contributed by atoms with Crippen molar-refractivity contribution in [3.63, 3.8) is 0 Å². The van der Waals surface area contributed by atoms with Crippen LogP contribution in [-0.2, 0) is 0 Å². The summed E-state index contributed by atoms with van der Waals surface area (Å²) in [6, 6.07) is 2.08. The van der Waals surface area contributed by atoms with E-state index in [1.807, 2.05) is 0 Å². The van der Waals surface area contributed by atoms with Gasteiger partial charge in [-0.3, -0.25) is 4.90 Å². The lowest BCUT2D eigenvalue weighted by Crippen LogP contribution is -2.51. The van der Waals surface area contributed by atoms with E-state index in [9.17, 15) is 0 Å². The van der Waals surface area contributed by atoms with E-state index in [0.29, 0.717) is 6.04 Å². The van der Waals surface area contributed by atoms with Gasteiger partial charge in [-0.15, -0.1) is 0 Å². The lowest BCUT2D eigenvalue weighted by atomic mass is 10.1. The molecule has 90 valence electrons. The zero-order chi connectivity index (χ0) is 11.3. The molecular formula is C12H26N2S. The highest BCUT2D eigenvalue weighted by atomic mass is 32.2. The van der Waals surface area contributed by atoms with Gasteiger partial charge in [0.05, 0.1) is 0 Å². The largest absolute Gasteiger partial charge is 0.313 e. The summed E-state index contributed by atoms with van der Waals surface area (Å²) in [5.74, 6) is 2.61. The van der Waals surface area contributed by atoms with E-state index in [0.717, 1.165) is 18.6 Å². The predicted molar refractivity (Wildman–Crippen MR) is 70.7 cm³/mol. The van der Waals surface area contributed by atoms with Gasteiger partial charge in [-0.2, -0.15) is 11.8 Å². The number of rotatable bonds is 5. The van der Waals surface area contributed by atoms with E-state index in [1.54, 1.807) is 0 Å². The third kappa shape index (κ3) is 4.33. The van der Waals surface area contributed by atoms with Crippen LogP contribution in [-0.4, -0.2) is 47.6 Å². The van der Waals surface area contributed by atoms with Crippen molar-refractivity contribution in [3.8, 4) is 0 Å². The highest BCUT2D eigenvalue weighted by molar-refractivity contribution is 7.99. The summed E-state index contributed by atoms with van der Waals surface area (Å²) in [4.78, 5) is 2.69. The fraction of sp³-hybridized carbons (Fsp3) is 1.00. The van der Waals surface area contributed by atoms with Gasteiger partial charge < -0.3 is 5.32 Å². The first-order valence-electron chi connectivity index (χ1n) is 6.22. The van der Waals surface area contributed by atoms with Crippen molar-refractivity contribution < 1.29 is 0 Å². The van der Waals surface area contributed by atoms with Crippen molar-refractivity contribution in [3.05, 3.63) is 0 Å². The Hall–Kier alpha value is 0.270. The Bertz CT molecular complexity index is 173. The first kappa shape index (κ1) is 13.3. The molecule has 0 amide bonds. The van der Waals surface area contributed by atoms with Gasteiger partial charge in [-0.05, 0) is 13.3 Å². The topological polar surface area (TPSA) is 15.3 Å². The van der Waals surface area contributed by atoms with Crippen molar-refractivity contribution in [2.45, 2.75) is 52.2 Å². The fourth-order valence-electron chi connectivity index (χ4n) is 2.15. The molecule has 0 bridgehead atoms. The fourth-order valence-corrected chi connectivity index (χ4v) is 3.19. The molecule has 0 aromatic heterocycles. The van der Waals surface area contributed by atoms with Gasteiger partial charge in [0, 0.05) is 42.7 Å². The molecule has 15 heavy (non-hydrogen) atoms. The van der Waals surface area contributed by atoms with Crippen LogP contribution in [0.1, 0.15) is 34.1 Å². The minimum atomic E-state index is 0.605. The van der Waals surface area contributed by atoms with Crippen LogP contribution in [0.15, 0.2) is 0 Å². The molecule has 1 rings (SSSR count). The zero-order valence-electron chi connectivity index (χ0n) is 10.6. The molecule has 0 aromatic carbocycles. The molecule has 0 saturated carbocycles.